The van der Waals surface area contributed by atoms with Gasteiger partial charge in [0, 0.05) is 0 Å². The van der Waals surface area contributed by atoms with Crippen molar-refractivity contribution in [2.75, 3.05) is 0 Å². The van der Waals surface area contributed by atoms with Gasteiger partial charge in [-0.2, -0.15) is 0 Å². The zero-order valence-electron chi connectivity index (χ0n) is 14.1. The largest absolute Gasteiger partial charge is 0.370 e. The summed E-state index contributed by atoms with van der Waals surface area (Å²) in [6.07, 6.45) is 20.5. The second-order valence-electron chi connectivity index (χ2n) is 6.79. The van der Waals surface area contributed by atoms with Crippen LogP contribution in [0, 0.1) is 5.92 Å². The molecule has 0 radical (unpaired) electrons. The molecule has 0 aromatic rings. The fraction of sp³-hybridized carbons (Fsp3) is 0.895. The van der Waals surface area contributed by atoms with Gasteiger partial charge in [-0.3, -0.25) is 0 Å². The van der Waals surface area contributed by atoms with Crippen LogP contribution in [0.3, 0.4) is 0 Å². The molecule has 0 aliphatic carbocycles. The first kappa shape index (κ1) is 17.8. The van der Waals surface area contributed by atoms with Crippen LogP contribution in [-0.2, 0) is 4.74 Å². The molecule has 1 saturated heterocycles. The Labute approximate surface area is 127 Å². The van der Waals surface area contributed by atoms with Crippen molar-refractivity contribution in [3.8, 4) is 0 Å². The summed E-state index contributed by atoms with van der Waals surface area (Å²) in [5.74, 6) is 0.859. The van der Waals surface area contributed by atoms with E-state index in [9.17, 15) is 0 Å². The normalized spacial score (nSPS) is 22.0. The maximum absolute atomic E-state index is 5.77. The van der Waals surface area contributed by atoms with Crippen molar-refractivity contribution in [1.82, 2.24) is 0 Å². The third-order valence-electron chi connectivity index (χ3n) is 4.19. The average Bonchev–Trinajstić information content (AvgIpc) is 3.16. The second-order valence-corrected chi connectivity index (χ2v) is 6.79. The Kier molecular flexibility index (Phi) is 10.1. The van der Waals surface area contributed by atoms with Gasteiger partial charge in [0.05, 0.1) is 12.2 Å². The molecule has 20 heavy (non-hydrogen) atoms. The predicted octanol–water partition coefficient (Wildman–Crippen LogP) is 6.28. The van der Waals surface area contributed by atoms with Crippen LogP contribution in [-0.4, -0.2) is 12.2 Å². The van der Waals surface area contributed by atoms with Crippen LogP contribution in [0.15, 0.2) is 12.2 Å². The standard InChI is InChI=1S/C19H36O/c1-4-5-6-7-8-9-10-11-15-18-19(20-18)16-13-12-14-17(2)3/h6-7,17-19H,4-5,8-16H2,1-3H3/b7-6+. The van der Waals surface area contributed by atoms with Gasteiger partial charge in [-0.25, -0.2) is 0 Å². The molecule has 0 saturated carbocycles. The highest BCUT2D eigenvalue weighted by atomic mass is 16.6. The van der Waals surface area contributed by atoms with Crippen LogP contribution < -0.4 is 0 Å². The monoisotopic (exact) mass is 280 g/mol. The van der Waals surface area contributed by atoms with Crippen LogP contribution >= 0.6 is 0 Å². The van der Waals surface area contributed by atoms with Gasteiger partial charge in [0.15, 0.2) is 0 Å². The number of allylic oxidation sites excluding steroid dienone is 2. The van der Waals surface area contributed by atoms with Crippen LogP contribution in [0.25, 0.3) is 0 Å². The van der Waals surface area contributed by atoms with Crippen molar-refractivity contribution in [2.45, 2.75) is 104 Å². The zero-order valence-corrected chi connectivity index (χ0v) is 14.1. The Balaban J connectivity index is 1.81. The summed E-state index contributed by atoms with van der Waals surface area (Å²) in [7, 11) is 0. The molecular formula is C19H36O. The van der Waals surface area contributed by atoms with E-state index >= 15 is 0 Å². The first-order valence-corrected chi connectivity index (χ1v) is 9.04. The van der Waals surface area contributed by atoms with Crippen molar-refractivity contribution in [3.63, 3.8) is 0 Å². The fourth-order valence-electron chi connectivity index (χ4n) is 2.77. The summed E-state index contributed by atoms with van der Waals surface area (Å²) in [4.78, 5) is 0. The quantitative estimate of drug-likeness (QED) is 0.220. The van der Waals surface area contributed by atoms with Gasteiger partial charge in [-0.15, -0.1) is 0 Å². The lowest BCUT2D eigenvalue weighted by Crippen LogP contribution is -1.95. The van der Waals surface area contributed by atoms with Gasteiger partial charge in [-0.1, -0.05) is 71.4 Å². The summed E-state index contributed by atoms with van der Waals surface area (Å²) in [5.41, 5.74) is 0. The zero-order chi connectivity index (χ0) is 14.6. The third-order valence-corrected chi connectivity index (χ3v) is 4.19. The molecule has 1 heterocycles. The van der Waals surface area contributed by atoms with Gasteiger partial charge in [0.2, 0.25) is 0 Å². The number of epoxide rings is 1. The van der Waals surface area contributed by atoms with Crippen LogP contribution in [0.1, 0.15) is 91.4 Å². The number of hydrogen-bond acceptors (Lipinski definition) is 1. The SMILES string of the molecule is CCC/C=C/CCCCCC1OC1CCCCC(C)C. The molecule has 0 amide bonds. The molecule has 0 aromatic heterocycles. The lowest BCUT2D eigenvalue weighted by atomic mass is 10.0. The molecule has 1 aliphatic heterocycles. The van der Waals surface area contributed by atoms with E-state index < -0.39 is 0 Å². The van der Waals surface area contributed by atoms with Crippen molar-refractivity contribution >= 4 is 0 Å². The van der Waals surface area contributed by atoms with Crippen molar-refractivity contribution < 1.29 is 4.74 Å². The molecular weight excluding hydrogens is 244 g/mol. The van der Waals surface area contributed by atoms with E-state index in [4.69, 9.17) is 4.74 Å². The first-order chi connectivity index (χ1) is 9.74. The molecule has 2 unspecified atom stereocenters. The van der Waals surface area contributed by atoms with Crippen LogP contribution in [0.2, 0.25) is 0 Å². The maximum Gasteiger partial charge on any atom is 0.0841 e. The molecule has 1 fully saturated rings. The van der Waals surface area contributed by atoms with Crippen molar-refractivity contribution in [2.24, 2.45) is 5.92 Å². The summed E-state index contributed by atoms with van der Waals surface area (Å²) in [6.45, 7) is 6.86. The maximum atomic E-state index is 5.77. The summed E-state index contributed by atoms with van der Waals surface area (Å²) in [5, 5.41) is 0. The third kappa shape index (κ3) is 9.58. The Morgan fingerprint density at radius 2 is 1.50 bits per heavy atom. The molecule has 0 N–H and O–H groups in total. The Bertz CT molecular complexity index is 244. The van der Waals surface area contributed by atoms with Crippen molar-refractivity contribution in [1.29, 1.82) is 0 Å². The molecule has 1 rings (SSSR count). The minimum absolute atomic E-state index is 0.615. The molecule has 2 atom stereocenters. The fourth-order valence-corrected chi connectivity index (χ4v) is 2.77. The Hall–Kier alpha value is -0.300. The number of hydrogen-bond donors (Lipinski definition) is 0. The molecule has 1 aliphatic rings. The number of rotatable bonds is 13. The molecule has 0 spiro atoms. The lowest BCUT2D eigenvalue weighted by molar-refractivity contribution is 0.347. The Morgan fingerprint density at radius 1 is 0.850 bits per heavy atom. The van der Waals surface area contributed by atoms with Gasteiger partial charge >= 0.3 is 0 Å². The highest BCUT2D eigenvalue weighted by Crippen LogP contribution is 2.31. The van der Waals surface area contributed by atoms with E-state index in [0.29, 0.717) is 12.2 Å². The summed E-state index contributed by atoms with van der Waals surface area (Å²) in [6, 6.07) is 0. The summed E-state index contributed by atoms with van der Waals surface area (Å²) < 4.78 is 5.77. The van der Waals surface area contributed by atoms with Crippen LogP contribution in [0.4, 0.5) is 0 Å². The van der Waals surface area contributed by atoms with Gasteiger partial charge in [0.25, 0.3) is 0 Å². The Morgan fingerprint density at radius 3 is 2.15 bits per heavy atom. The topological polar surface area (TPSA) is 12.5 Å². The molecule has 1 heteroatoms. The van der Waals surface area contributed by atoms with E-state index in [1.807, 2.05) is 0 Å². The first-order valence-electron chi connectivity index (χ1n) is 9.04. The molecule has 1 nitrogen and oxygen atoms in total. The highest BCUT2D eigenvalue weighted by Gasteiger charge is 2.36. The molecule has 0 bridgehead atoms. The second kappa shape index (κ2) is 11.4. The molecule has 0 aromatic carbocycles. The van der Waals surface area contributed by atoms with Crippen LogP contribution in [0.5, 0.6) is 0 Å². The predicted molar refractivity (Wildman–Crippen MR) is 89.1 cm³/mol. The average molecular weight is 280 g/mol. The smallest absolute Gasteiger partial charge is 0.0841 e. The van der Waals surface area contributed by atoms with Gasteiger partial charge < -0.3 is 4.74 Å². The molecule has 118 valence electrons. The van der Waals surface area contributed by atoms with E-state index in [0.717, 1.165) is 5.92 Å². The van der Waals surface area contributed by atoms with E-state index in [2.05, 4.69) is 32.9 Å². The van der Waals surface area contributed by atoms with E-state index in [1.165, 1.54) is 70.6 Å². The lowest BCUT2D eigenvalue weighted by Gasteiger charge is -2.02. The minimum atomic E-state index is 0.615. The summed E-state index contributed by atoms with van der Waals surface area (Å²) >= 11 is 0. The van der Waals surface area contributed by atoms with Gasteiger partial charge in [-0.05, 0) is 38.0 Å². The number of unbranched alkanes of at least 4 members (excludes halogenated alkanes) is 5. The highest BCUT2D eigenvalue weighted by molar-refractivity contribution is 4.85. The van der Waals surface area contributed by atoms with Crippen molar-refractivity contribution in [3.05, 3.63) is 12.2 Å². The number of ether oxygens (including phenoxy) is 1. The minimum Gasteiger partial charge on any atom is -0.370 e. The van der Waals surface area contributed by atoms with E-state index in [-0.39, 0.29) is 0 Å². The van der Waals surface area contributed by atoms with Gasteiger partial charge in [0.1, 0.15) is 0 Å². The van der Waals surface area contributed by atoms with E-state index in [1.54, 1.807) is 0 Å².